The van der Waals surface area contributed by atoms with Crippen molar-refractivity contribution in [1.82, 2.24) is 0 Å². The fourth-order valence-corrected chi connectivity index (χ4v) is 1.25. The number of ketones is 1. The summed E-state index contributed by atoms with van der Waals surface area (Å²) in [5.74, 6) is 0.219. The minimum absolute atomic E-state index is 0.219. The Kier molecular flexibility index (Phi) is 2.28. The lowest BCUT2D eigenvalue weighted by Crippen LogP contribution is -2.02. The van der Waals surface area contributed by atoms with Gasteiger partial charge in [-0.25, -0.2) is 0 Å². The fourth-order valence-electron chi connectivity index (χ4n) is 1.25. The maximum absolute atomic E-state index is 11.0. The summed E-state index contributed by atoms with van der Waals surface area (Å²) in [4.78, 5) is 11.0. The summed E-state index contributed by atoms with van der Waals surface area (Å²) < 4.78 is 0. The van der Waals surface area contributed by atoms with E-state index in [2.05, 4.69) is 13.8 Å². The van der Waals surface area contributed by atoms with Gasteiger partial charge in [-0.05, 0) is 39.2 Å². The SMILES string of the molecule is CC(=O)C1=CC(C)=C(C)CC1. The zero-order valence-corrected chi connectivity index (χ0v) is 7.40. The largest absolute Gasteiger partial charge is 0.295 e. The molecule has 0 aromatic carbocycles. The molecular formula is C10H14O. The van der Waals surface area contributed by atoms with Crippen molar-refractivity contribution in [3.8, 4) is 0 Å². The molecule has 0 saturated heterocycles. The van der Waals surface area contributed by atoms with Gasteiger partial charge < -0.3 is 0 Å². The van der Waals surface area contributed by atoms with Gasteiger partial charge in [0.05, 0.1) is 0 Å². The maximum Gasteiger partial charge on any atom is 0.155 e. The molecule has 60 valence electrons. The third kappa shape index (κ3) is 1.79. The molecule has 0 N–H and O–H groups in total. The molecule has 1 heteroatoms. The fraction of sp³-hybridized carbons (Fsp3) is 0.500. The molecule has 1 aliphatic carbocycles. The van der Waals surface area contributed by atoms with E-state index in [9.17, 15) is 4.79 Å². The van der Waals surface area contributed by atoms with E-state index in [-0.39, 0.29) is 5.78 Å². The number of rotatable bonds is 1. The standard InChI is InChI=1S/C10H14O/c1-7-4-5-10(9(3)11)6-8(7)2/h6H,4-5H2,1-3H3. The molecule has 11 heavy (non-hydrogen) atoms. The number of hydrogen-bond donors (Lipinski definition) is 0. The minimum Gasteiger partial charge on any atom is -0.295 e. The average Bonchev–Trinajstić information content (AvgIpc) is 1.94. The van der Waals surface area contributed by atoms with E-state index in [1.54, 1.807) is 6.92 Å². The van der Waals surface area contributed by atoms with Crippen molar-refractivity contribution in [3.63, 3.8) is 0 Å². The summed E-state index contributed by atoms with van der Waals surface area (Å²) in [5, 5.41) is 0. The zero-order chi connectivity index (χ0) is 8.43. The molecule has 1 aliphatic rings. The molecule has 0 fully saturated rings. The Balaban J connectivity index is 2.89. The number of carbonyl (C=O) groups excluding carboxylic acids is 1. The Bertz CT molecular complexity index is 244. The summed E-state index contributed by atoms with van der Waals surface area (Å²) in [5.41, 5.74) is 3.66. The molecule has 0 heterocycles. The summed E-state index contributed by atoms with van der Waals surface area (Å²) in [6.07, 6.45) is 4.00. The lowest BCUT2D eigenvalue weighted by molar-refractivity contribution is -0.113. The van der Waals surface area contributed by atoms with E-state index in [0.29, 0.717) is 0 Å². The molecule has 0 atom stereocenters. The third-order valence-electron chi connectivity index (χ3n) is 2.29. The molecule has 0 radical (unpaired) electrons. The lowest BCUT2D eigenvalue weighted by atomic mass is 9.92. The molecule has 0 spiro atoms. The van der Waals surface area contributed by atoms with Crippen LogP contribution in [0.4, 0.5) is 0 Å². The quantitative estimate of drug-likeness (QED) is 0.561. The number of allylic oxidation sites excluding steroid dienone is 4. The van der Waals surface area contributed by atoms with Gasteiger partial charge >= 0.3 is 0 Å². The molecular weight excluding hydrogens is 136 g/mol. The zero-order valence-electron chi connectivity index (χ0n) is 7.40. The lowest BCUT2D eigenvalue weighted by Gasteiger charge is -2.12. The van der Waals surface area contributed by atoms with Crippen LogP contribution in [0.25, 0.3) is 0 Å². The van der Waals surface area contributed by atoms with Crippen molar-refractivity contribution in [1.29, 1.82) is 0 Å². The first-order valence-corrected chi connectivity index (χ1v) is 3.99. The first-order chi connectivity index (χ1) is 5.11. The smallest absolute Gasteiger partial charge is 0.155 e. The van der Waals surface area contributed by atoms with E-state index in [4.69, 9.17) is 0 Å². The second-order valence-corrected chi connectivity index (χ2v) is 3.19. The van der Waals surface area contributed by atoms with Crippen LogP contribution in [-0.4, -0.2) is 5.78 Å². The van der Waals surface area contributed by atoms with Gasteiger partial charge in [0.1, 0.15) is 0 Å². The van der Waals surface area contributed by atoms with Crippen LogP contribution in [0.1, 0.15) is 33.6 Å². The minimum atomic E-state index is 0.219. The monoisotopic (exact) mass is 150 g/mol. The van der Waals surface area contributed by atoms with Gasteiger partial charge in [0.2, 0.25) is 0 Å². The summed E-state index contributed by atoms with van der Waals surface area (Å²) in [7, 11) is 0. The Morgan fingerprint density at radius 3 is 2.45 bits per heavy atom. The van der Waals surface area contributed by atoms with Gasteiger partial charge in [0, 0.05) is 0 Å². The predicted octanol–water partition coefficient (Wildman–Crippen LogP) is 2.63. The predicted molar refractivity (Wildman–Crippen MR) is 46.4 cm³/mol. The van der Waals surface area contributed by atoms with E-state index in [0.717, 1.165) is 18.4 Å². The Morgan fingerprint density at radius 2 is 2.00 bits per heavy atom. The first-order valence-electron chi connectivity index (χ1n) is 3.99. The van der Waals surface area contributed by atoms with Crippen LogP contribution >= 0.6 is 0 Å². The summed E-state index contributed by atoms with van der Waals surface area (Å²) >= 11 is 0. The highest BCUT2D eigenvalue weighted by molar-refractivity contribution is 5.94. The van der Waals surface area contributed by atoms with Crippen LogP contribution < -0.4 is 0 Å². The van der Waals surface area contributed by atoms with Crippen LogP contribution in [0.3, 0.4) is 0 Å². The highest BCUT2D eigenvalue weighted by Crippen LogP contribution is 2.23. The van der Waals surface area contributed by atoms with Crippen molar-refractivity contribution < 1.29 is 4.79 Å². The summed E-state index contributed by atoms with van der Waals surface area (Å²) in [6.45, 7) is 5.83. The maximum atomic E-state index is 11.0. The van der Waals surface area contributed by atoms with Crippen molar-refractivity contribution in [2.24, 2.45) is 0 Å². The average molecular weight is 150 g/mol. The van der Waals surface area contributed by atoms with Gasteiger partial charge in [0.25, 0.3) is 0 Å². The number of Topliss-reactive ketones (excluding diaryl/α,β-unsaturated/α-hetero) is 1. The Hall–Kier alpha value is -0.850. The van der Waals surface area contributed by atoms with Crippen molar-refractivity contribution in [2.45, 2.75) is 33.6 Å². The Morgan fingerprint density at radius 1 is 1.36 bits per heavy atom. The third-order valence-corrected chi connectivity index (χ3v) is 2.29. The second-order valence-electron chi connectivity index (χ2n) is 3.19. The molecule has 0 bridgehead atoms. The number of hydrogen-bond acceptors (Lipinski definition) is 1. The molecule has 0 saturated carbocycles. The van der Waals surface area contributed by atoms with Gasteiger partial charge in [0.15, 0.2) is 5.78 Å². The van der Waals surface area contributed by atoms with Crippen molar-refractivity contribution >= 4 is 5.78 Å². The molecule has 1 rings (SSSR count). The van der Waals surface area contributed by atoms with Crippen LogP contribution in [0.5, 0.6) is 0 Å². The molecule has 0 aromatic heterocycles. The normalized spacial score (nSPS) is 18.3. The first kappa shape index (κ1) is 8.25. The van der Waals surface area contributed by atoms with Gasteiger partial charge in [-0.1, -0.05) is 17.2 Å². The van der Waals surface area contributed by atoms with Gasteiger partial charge in [-0.15, -0.1) is 0 Å². The molecule has 0 aromatic rings. The van der Waals surface area contributed by atoms with Crippen LogP contribution in [-0.2, 0) is 4.79 Å². The van der Waals surface area contributed by atoms with Gasteiger partial charge in [-0.2, -0.15) is 0 Å². The topological polar surface area (TPSA) is 17.1 Å². The van der Waals surface area contributed by atoms with Crippen LogP contribution in [0.2, 0.25) is 0 Å². The Labute approximate surface area is 67.8 Å². The van der Waals surface area contributed by atoms with Crippen molar-refractivity contribution in [3.05, 3.63) is 22.8 Å². The molecule has 0 unspecified atom stereocenters. The van der Waals surface area contributed by atoms with E-state index in [1.165, 1.54) is 11.1 Å². The highest BCUT2D eigenvalue weighted by Gasteiger charge is 2.09. The molecule has 0 aliphatic heterocycles. The summed E-state index contributed by atoms with van der Waals surface area (Å²) in [6, 6.07) is 0. The van der Waals surface area contributed by atoms with E-state index >= 15 is 0 Å². The number of carbonyl (C=O) groups is 1. The van der Waals surface area contributed by atoms with E-state index < -0.39 is 0 Å². The molecule has 1 nitrogen and oxygen atoms in total. The van der Waals surface area contributed by atoms with Crippen molar-refractivity contribution in [2.75, 3.05) is 0 Å². The van der Waals surface area contributed by atoms with E-state index in [1.807, 2.05) is 6.08 Å². The van der Waals surface area contributed by atoms with Gasteiger partial charge in [-0.3, -0.25) is 4.79 Å². The molecule has 0 amide bonds. The second kappa shape index (κ2) is 3.04. The highest BCUT2D eigenvalue weighted by atomic mass is 16.1. The van der Waals surface area contributed by atoms with Crippen LogP contribution in [0.15, 0.2) is 22.8 Å². The van der Waals surface area contributed by atoms with Crippen LogP contribution in [0, 0.1) is 0 Å².